The highest BCUT2D eigenvalue weighted by molar-refractivity contribution is 6.76. The van der Waals surface area contributed by atoms with E-state index in [0.29, 0.717) is 0 Å². The summed E-state index contributed by atoms with van der Waals surface area (Å²) in [7, 11) is -1.13. The van der Waals surface area contributed by atoms with Crippen molar-refractivity contribution >= 4 is 20.0 Å². The van der Waals surface area contributed by atoms with Crippen LogP contribution in [0.25, 0.3) is 0 Å². The summed E-state index contributed by atoms with van der Waals surface area (Å²) in [6.07, 6.45) is 3.27. The Morgan fingerprint density at radius 3 is 2.29 bits per heavy atom. The lowest BCUT2D eigenvalue weighted by atomic mass is 10.2. The van der Waals surface area contributed by atoms with E-state index in [-0.39, 0.29) is 6.10 Å². The summed E-state index contributed by atoms with van der Waals surface area (Å²) < 4.78 is 5.18. The van der Waals surface area contributed by atoms with E-state index < -0.39 is 20.0 Å². The first-order chi connectivity index (χ1) is 7.74. The smallest absolute Gasteiger partial charge is 0.331 e. The topological polar surface area (TPSA) is 63.6 Å². The Hall–Kier alpha value is -1.10. The van der Waals surface area contributed by atoms with Crippen molar-refractivity contribution in [3.05, 3.63) is 12.2 Å². The van der Waals surface area contributed by atoms with Crippen molar-refractivity contribution < 1.29 is 19.4 Å². The molecule has 0 saturated carbocycles. The van der Waals surface area contributed by atoms with Gasteiger partial charge < -0.3 is 9.84 Å². The van der Waals surface area contributed by atoms with E-state index in [1.165, 1.54) is 0 Å². The second kappa shape index (κ2) is 7.27. The number of carbonyl (C=O) groups excluding carboxylic acids is 1. The van der Waals surface area contributed by atoms with E-state index in [2.05, 4.69) is 19.6 Å². The van der Waals surface area contributed by atoms with Crippen LogP contribution in [-0.4, -0.2) is 31.2 Å². The predicted octanol–water partition coefficient (Wildman–Crippen LogP) is 2.68. The molecule has 0 heterocycles. The lowest BCUT2D eigenvalue weighted by Crippen LogP contribution is -2.24. The molecule has 0 spiro atoms. The first-order valence-electron chi connectivity index (χ1n) is 5.86. The largest absolute Gasteiger partial charge is 0.478 e. The van der Waals surface area contributed by atoms with Gasteiger partial charge >= 0.3 is 11.9 Å². The fourth-order valence-electron chi connectivity index (χ4n) is 1.28. The number of ether oxygens (including phenoxy) is 1. The minimum atomic E-state index is -1.14. The quantitative estimate of drug-likeness (QED) is 0.433. The molecule has 4 nitrogen and oxygen atoms in total. The third-order valence-corrected chi connectivity index (χ3v) is 4.11. The Labute approximate surface area is 104 Å². The van der Waals surface area contributed by atoms with Crippen LogP contribution in [0.2, 0.25) is 25.7 Å². The van der Waals surface area contributed by atoms with Crippen molar-refractivity contribution in [2.45, 2.75) is 51.6 Å². The Kier molecular flexibility index (Phi) is 6.80. The van der Waals surface area contributed by atoms with Crippen LogP contribution >= 0.6 is 0 Å². The van der Waals surface area contributed by atoms with Crippen molar-refractivity contribution in [3.8, 4) is 0 Å². The zero-order valence-corrected chi connectivity index (χ0v) is 12.0. The average Bonchev–Trinajstić information content (AvgIpc) is 2.19. The average molecular weight is 258 g/mol. The van der Waals surface area contributed by atoms with Gasteiger partial charge in [-0.05, 0) is 12.8 Å². The second-order valence-corrected chi connectivity index (χ2v) is 10.9. The summed E-state index contributed by atoms with van der Waals surface area (Å²) >= 11 is 0. The van der Waals surface area contributed by atoms with Crippen LogP contribution < -0.4 is 0 Å². The fraction of sp³-hybridized carbons (Fsp3) is 0.667. The normalized spacial score (nSPS) is 13.6. The predicted molar refractivity (Wildman–Crippen MR) is 69.7 cm³/mol. The van der Waals surface area contributed by atoms with Crippen LogP contribution in [0.4, 0.5) is 0 Å². The molecule has 98 valence electrons. The zero-order chi connectivity index (χ0) is 13.5. The minimum Gasteiger partial charge on any atom is -0.478 e. The van der Waals surface area contributed by atoms with Crippen LogP contribution in [0.1, 0.15) is 19.8 Å². The van der Waals surface area contributed by atoms with Gasteiger partial charge in [-0.3, -0.25) is 0 Å². The van der Waals surface area contributed by atoms with Crippen LogP contribution in [0.5, 0.6) is 0 Å². The first kappa shape index (κ1) is 15.9. The van der Waals surface area contributed by atoms with Crippen LogP contribution in [0.3, 0.4) is 0 Å². The maximum atomic E-state index is 11.3. The fourth-order valence-corrected chi connectivity index (χ4v) is 2.47. The molecular weight excluding hydrogens is 236 g/mol. The first-order valence-corrected chi connectivity index (χ1v) is 9.57. The van der Waals surface area contributed by atoms with E-state index >= 15 is 0 Å². The van der Waals surface area contributed by atoms with Crippen LogP contribution in [0, 0.1) is 0 Å². The molecule has 0 rings (SSSR count). The van der Waals surface area contributed by atoms with Crippen molar-refractivity contribution in [1.29, 1.82) is 0 Å². The van der Waals surface area contributed by atoms with Crippen molar-refractivity contribution in [1.82, 2.24) is 0 Å². The van der Waals surface area contributed by atoms with E-state index in [9.17, 15) is 9.59 Å². The SMILES string of the molecule is CCC(CC[Si](C)(C)C)OC(=O)C=CC(=O)O. The number of hydrogen-bond donors (Lipinski definition) is 1. The molecule has 0 aliphatic rings. The molecule has 17 heavy (non-hydrogen) atoms. The maximum Gasteiger partial charge on any atom is 0.331 e. The second-order valence-electron chi connectivity index (χ2n) is 5.24. The molecule has 0 aliphatic carbocycles. The summed E-state index contributed by atoms with van der Waals surface area (Å²) in [5, 5.41) is 8.37. The molecule has 0 amide bonds. The molecule has 0 saturated heterocycles. The molecule has 0 bridgehead atoms. The van der Waals surface area contributed by atoms with E-state index in [4.69, 9.17) is 9.84 Å². The lowest BCUT2D eigenvalue weighted by molar-refractivity contribution is -0.143. The number of carboxylic acids is 1. The van der Waals surface area contributed by atoms with E-state index in [0.717, 1.165) is 31.0 Å². The van der Waals surface area contributed by atoms with Gasteiger partial charge in [0.1, 0.15) is 6.10 Å². The molecular formula is C12H22O4Si. The molecule has 1 unspecified atom stereocenters. The number of aliphatic carboxylic acids is 1. The third kappa shape index (κ3) is 9.80. The van der Waals surface area contributed by atoms with Crippen molar-refractivity contribution in [2.75, 3.05) is 0 Å². The van der Waals surface area contributed by atoms with Crippen molar-refractivity contribution in [3.63, 3.8) is 0 Å². The Bertz CT molecular complexity index is 291. The standard InChI is InChI=1S/C12H22O4Si/c1-5-10(8-9-17(2,3)4)16-12(15)7-6-11(13)14/h6-7,10H,5,8-9H2,1-4H3,(H,13,14). The molecule has 0 aromatic carbocycles. The summed E-state index contributed by atoms with van der Waals surface area (Å²) in [5.74, 6) is -1.72. The molecule has 0 aromatic heterocycles. The highest BCUT2D eigenvalue weighted by Crippen LogP contribution is 2.16. The molecule has 0 radical (unpaired) electrons. The Morgan fingerprint density at radius 2 is 1.88 bits per heavy atom. The molecule has 0 fully saturated rings. The van der Waals surface area contributed by atoms with Crippen LogP contribution in [0.15, 0.2) is 12.2 Å². The summed E-state index contributed by atoms with van der Waals surface area (Å²) in [5.41, 5.74) is 0. The molecule has 1 atom stereocenters. The van der Waals surface area contributed by atoms with Gasteiger partial charge in [-0.15, -0.1) is 0 Å². The number of carbonyl (C=O) groups is 2. The van der Waals surface area contributed by atoms with Crippen LogP contribution in [-0.2, 0) is 14.3 Å². The third-order valence-electron chi connectivity index (χ3n) is 2.32. The number of esters is 1. The van der Waals surface area contributed by atoms with Gasteiger partial charge in [-0.2, -0.15) is 0 Å². The van der Waals surface area contributed by atoms with Gasteiger partial charge in [0, 0.05) is 20.2 Å². The maximum absolute atomic E-state index is 11.3. The Morgan fingerprint density at radius 1 is 1.29 bits per heavy atom. The van der Waals surface area contributed by atoms with Gasteiger partial charge in [0.25, 0.3) is 0 Å². The number of hydrogen-bond acceptors (Lipinski definition) is 3. The number of rotatable bonds is 7. The molecule has 0 aromatic rings. The lowest BCUT2D eigenvalue weighted by Gasteiger charge is -2.20. The molecule has 5 heteroatoms. The van der Waals surface area contributed by atoms with Gasteiger partial charge in [0.15, 0.2) is 0 Å². The van der Waals surface area contributed by atoms with E-state index in [1.54, 1.807) is 0 Å². The summed E-state index contributed by atoms with van der Waals surface area (Å²) in [6.45, 7) is 8.77. The highest BCUT2D eigenvalue weighted by Gasteiger charge is 2.17. The van der Waals surface area contributed by atoms with Crippen molar-refractivity contribution in [2.24, 2.45) is 0 Å². The van der Waals surface area contributed by atoms with Gasteiger partial charge in [-0.1, -0.05) is 32.6 Å². The highest BCUT2D eigenvalue weighted by atomic mass is 28.3. The van der Waals surface area contributed by atoms with E-state index in [1.807, 2.05) is 6.92 Å². The Balaban J connectivity index is 4.13. The van der Waals surface area contributed by atoms with Gasteiger partial charge in [0.2, 0.25) is 0 Å². The minimum absolute atomic E-state index is 0.104. The summed E-state index contributed by atoms with van der Waals surface area (Å²) in [4.78, 5) is 21.5. The molecule has 0 aliphatic heterocycles. The number of carboxylic acid groups (broad SMARTS) is 1. The van der Waals surface area contributed by atoms with Gasteiger partial charge in [0.05, 0.1) is 0 Å². The van der Waals surface area contributed by atoms with Gasteiger partial charge in [-0.25, -0.2) is 9.59 Å². The zero-order valence-electron chi connectivity index (χ0n) is 11.0. The monoisotopic (exact) mass is 258 g/mol. The molecule has 1 N–H and O–H groups in total. The summed E-state index contributed by atoms with van der Waals surface area (Å²) in [6, 6.07) is 1.10.